The van der Waals surface area contributed by atoms with E-state index in [1.807, 2.05) is 31.2 Å². The third kappa shape index (κ3) is 4.71. The number of rotatable bonds is 8. The number of carbonyl (C=O) groups is 1. The van der Waals surface area contributed by atoms with Crippen molar-refractivity contribution in [3.8, 4) is 17.2 Å². The van der Waals surface area contributed by atoms with E-state index in [9.17, 15) is 13.2 Å². The van der Waals surface area contributed by atoms with Gasteiger partial charge in [0.15, 0.2) is 5.76 Å². The summed E-state index contributed by atoms with van der Waals surface area (Å²) < 4.78 is 38.7. The Morgan fingerprint density at radius 3 is 2.91 bits per heavy atom. The first-order chi connectivity index (χ1) is 15.5. The molecule has 1 aliphatic rings. The molecule has 3 aromatic rings. The largest absolute Gasteiger partial charge is 0.494 e. The van der Waals surface area contributed by atoms with Crippen LogP contribution in [0.1, 0.15) is 25.3 Å². The molecule has 2 N–H and O–H groups in total. The van der Waals surface area contributed by atoms with E-state index in [4.69, 9.17) is 9.15 Å². The van der Waals surface area contributed by atoms with Crippen LogP contribution in [0.3, 0.4) is 0 Å². The average Bonchev–Trinajstić information content (AvgIpc) is 3.51. The van der Waals surface area contributed by atoms with Gasteiger partial charge in [-0.2, -0.15) is 9.40 Å². The minimum atomic E-state index is -3.85. The normalized spacial score (nSPS) is 17.2. The molecule has 2 aromatic heterocycles. The lowest BCUT2D eigenvalue weighted by molar-refractivity contribution is -0.126. The fourth-order valence-electron chi connectivity index (χ4n) is 3.77. The van der Waals surface area contributed by atoms with Crippen molar-refractivity contribution >= 4 is 15.9 Å². The van der Waals surface area contributed by atoms with Gasteiger partial charge >= 0.3 is 0 Å². The lowest BCUT2D eigenvalue weighted by Crippen LogP contribution is -2.45. The zero-order valence-electron chi connectivity index (χ0n) is 17.8. The molecule has 0 radical (unpaired) electrons. The molecule has 1 fully saturated rings. The van der Waals surface area contributed by atoms with Gasteiger partial charge in [-0.05, 0) is 44.0 Å². The van der Waals surface area contributed by atoms with Gasteiger partial charge < -0.3 is 14.5 Å². The van der Waals surface area contributed by atoms with Crippen molar-refractivity contribution in [2.75, 3.05) is 19.7 Å². The van der Waals surface area contributed by atoms with E-state index in [1.54, 1.807) is 18.3 Å². The summed E-state index contributed by atoms with van der Waals surface area (Å²) in [6.45, 7) is 3.23. The number of carbonyl (C=O) groups excluding carboxylic acids is 1. The van der Waals surface area contributed by atoms with Crippen LogP contribution in [-0.2, 0) is 21.4 Å². The van der Waals surface area contributed by atoms with Crippen LogP contribution in [0.25, 0.3) is 11.5 Å². The molecule has 0 bridgehead atoms. The van der Waals surface area contributed by atoms with Gasteiger partial charge in [-0.15, -0.1) is 0 Å². The van der Waals surface area contributed by atoms with Gasteiger partial charge in [-0.3, -0.25) is 9.89 Å². The summed E-state index contributed by atoms with van der Waals surface area (Å²) >= 11 is 0. The summed E-state index contributed by atoms with van der Waals surface area (Å²) in [5.41, 5.74) is 1.47. The summed E-state index contributed by atoms with van der Waals surface area (Å²) in [5, 5.41) is 9.37. The number of furan rings is 1. The summed E-state index contributed by atoms with van der Waals surface area (Å²) in [5.74, 6) is 0.517. The summed E-state index contributed by atoms with van der Waals surface area (Å²) in [6, 6.07) is 12.2. The second-order valence-electron chi connectivity index (χ2n) is 7.55. The lowest BCUT2D eigenvalue weighted by atomic mass is 9.98. The number of aromatic amines is 1. The van der Waals surface area contributed by atoms with Gasteiger partial charge in [-0.1, -0.05) is 18.2 Å². The van der Waals surface area contributed by atoms with Crippen LogP contribution in [0.5, 0.6) is 5.75 Å². The topological polar surface area (TPSA) is 118 Å². The van der Waals surface area contributed by atoms with Crippen molar-refractivity contribution in [2.45, 2.75) is 31.4 Å². The Labute approximate surface area is 186 Å². The molecule has 1 saturated heterocycles. The molecular weight excluding hydrogens is 432 g/mol. The van der Waals surface area contributed by atoms with E-state index < -0.39 is 15.9 Å². The maximum absolute atomic E-state index is 13.1. The Balaban J connectivity index is 1.41. The van der Waals surface area contributed by atoms with Crippen LogP contribution in [0.15, 0.2) is 58.2 Å². The third-order valence-electron chi connectivity index (χ3n) is 5.42. The molecule has 3 heterocycles. The van der Waals surface area contributed by atoms with Gasteiger partial charge in [0.25, 0.3) is 10.0 Å². The summed E-state index contributed by atoms with van der Waals surface area (Å²) in [7, 11) is -3.85. The highest BCUT2D eigenvalue weighted by Gasteiger charge is 2.35. The molecule has 1 atom stereocenters. The SMILES string of the molecule is CCOc1ccccc1CNC(=O)C1CCCN(S(=O)(=O)c2ccc(-c3ccn[nH]3)o2)C1. The van der Waals surface area contributed by atoms with Crippen molar-refractivity contribution in [2.24, 2.45) is 5.92 Å². The molecule has 1 aliphatic heterocycles. The molecule has 4 rings (SSSR count). The van der Waals surface area contributed by atoms with Gasteiger partial charge in [0.1, 0.15) is 11.4 Å². The van der Waals surface area contributed by atoms with Crippen molar-refractivity contribution in [3.63, 3.8) is 0 Å². The zero-order valence-corrected chi connectivity index (χ0v) is 18.6. The Morgan fingerprint density at radius 2 is 2.12 bits per heavy atom. The highest BCUT2D eigenvalue weighted by atomic mass is 32.2. The highest BCUT2D eigenvalue weighted by molar-refractivity contribution is 7.89. The number of sulfonamides is 1. The van der Waals surface area contributed by atoms with E-state index in [1.165, 1.54) is 10.4 Å². The number of para-hydroxylation sites is 1. The van der Waals surface area contributed by atoms with Crippen molar-refractivity contribution in [1.82, 2.24) is 19.8 Å². The molecule has 0 saturated carbocycles. The molecule has 10 heteroatoms. The van der Waals surface area contributed by atoms with Gasteiger partial charge in [0, 0.05) is 31.4 Å². The molecule has 1 amide bonds. The maximum Gasteiger partial charge on any atom is 0.276 e. The number of benzene rings is 1. The van der Waals surface area contributed by atoms with Crippen molar-refractivity contribution in [3.05, 3.63) is 54.2 Å². The van der Waals surface area contributed by atoms with Crippen LogP contribution >= 0.6 is 0 Å². The average molecular weight is 459 g/mol. The predicted molar refractivity (Wildman–Crippen MR) is 117 cm³/mol. The standard InChI is InChI=1S/C22H26N4O5S/c1-2-30-19-8-4-3-6-16(19)14-23-22(27)17-7-5-13-26(15-17)32(28,29)21-10-9-20(31-21)18-11-12-24-25-18/h3-4,6,8-12,17H,2,5,7,13-15H2,1H3,(H,23,27)(H,24,25). The highest BCUT2D eigenvalue weighted by Crippen LogP contribution is 2.28. The lowest BCUT2D eigenvalue weighted by Gasteiger charge is -2.30. The summed E-state index contributed by atoms with van der Waals surface area (Å²) in [4.78, 5) is 12.8. The number of hydrogen-bond donors (Lipinski definition) is 2. The van der Waals surface area contributed by atoms with Crippen LogP contribution in [0, 0.1) is 5.92 Å². The van der Waals surface area contributed by atoms with Crippen LogP contribution in [0.4, 0.5) is 0 Å². The van der Waals surface area contributed by atoms with E-state index in [0.29, 0.717) is 44.0 Å². The first-order valence-corrected chi connectivity index (χ1v) is 12.0. The first-order valence-electron chi connectivity index (χ1n) is 10.6. The zero-order chi connectivity index (χ0) is 22.6. The number of piperidine rings is 1. The Bertz CT molecular complexity index is 1160. The minimum absolute atomic E-state index is 0.112. The first kappa shape index (κ1) is 22.1. The Kier molecular flexibility index (Phi) is 6.61. The van der Waals surface area contributed by atoms with E-state index in [0.717, 1.165) is 11.3 Å². The molecule has 170 valence electrons. The monoisotopic (exact) mass is 458 g/mol. The predicted octanol–water partition coefficient (Wildman–Crippen LogP) is 2.79. The molecule has 32 heavy (non-hydrogen) atoms. The Hall–Kier alpha value is -3.11. The molecule has 1 unspecified atom stereocenters. The van der Waals surface area contributed by atoms with Gasteiger partial charge in [0.2, 0.25) is 11.0 Å². The Morgan fingerprint density at radius 1 is 1.28 bits per heavy atom. The maximum atomic E-state index is 13.1. The van der Waals surface area contributed by atoms with Crippen molar-refractivity contribution < 1.29 is 22.4 Å². The second kappa shape index (κ2) is 9.58. The second-order valence-corrected chi connectivity index (χ2v) is 9.42. The number of aromatic nitrogens is 2. The fourth-order valence-corrected chi connectivity index (χ4v) is 5.21. The molecule has 1 aromatic carbocycles. The number of nitrogens with one attached hydrogen (secondary N) is 2. The van der Waals surface area contributed by atoms with Crippen molar-refractivity contribution in [1.29, 1.82) is 0 Å². The number of H-pyrrole nitrogens is 1. The van der Waals surface area contributed by atoms with E-state index in [-0.39, 0.29) is 17.5 Å². The molecule has 9 nitrogen and oxygen atoms in total. The van der Waals surface area contributed by atoms with Crippen LogP contribution in [0.2, 0.25) is 0 Å². The number of ether oxygens (including phenoxy) is 1. The van der Waals surface area contributed by atoms with Crippen LogP contribution < -0.4 is 10.1 Å². The molecule has 0 aliphatic carbocycles. The summed E-state index contributed by atoms with van der Waals surface area (Å²) in [6.07, 6.45) is 2.79. The van der Waals surface area contributed by atoms with Crippen LogP contribution in [-0.4, -0.2) is 48.5 Å². The molecule has 0 spiro atoms. The van der Waals surface area contributed by atoms with Gasteiger partial charge in [0.05, 0.1) is 12.5 Å². The smallest absolute Gasteiger partial charge is 0.276 e. The minimum Gasteiger partial charge on any atom is -0.494 e. The van der Waals surface area contributed by atoms with E-state index >= 15 is 0 Å². The van der Waals surface area contributed by atoms with Gasteiger partial charge in [-0.25, -0.2) is 8.42 Å². The number of nitrogens with zero attached hydrogens (tertiary/aromatic N) is 2. The molecular formula is C22H26N4O5S. The van der Waals surface area contributed by atoms with E-state index in [2.05, 4.69) is 15.5 Å². The number of hydrogen-bond acceptors (Lipinski definition) is 6. The number of amides is 1. The fraction of sp³-hybridized carbons (Fsp3) is 0.364. The quantitative estimate of drug-likeness (QED) is 0.536. The third-order valence-corrected chi connectivity index (χ3v) is 7.16.